The Labute approximate surface area is 66.6 Å². The molecule has 0 heterocycles. The number of hydrogen-bond acceptors (Lipinski definition) is 3. The number of rotatable bonds is 5. The molecule has 0 rings (SSSR count). The molecule has 64 valence electrons. The number of nitrogens with one attached hydrogen (secondary N) is 1. The van der Waals surface area contributed by atoms with Crippen molar-refractivity contribution in [3.05, 3.63) is 12.7 Å². The zero-order valence-electron chi connectivity index (χ0n) is 6.71. The van der Waals surface area contributed by atoms with Gasteiger partial charge in [-0.1, -0.05) is 6.08 Å². The van der Waals surface area contributed by atoms with Crippen molar-refractivity contribution in [3.8, 4) is 0 Å². The third kappa shape index (κ3) is 4.52. The summed E-state index contributed by atoms with van der Waals surface area (Å²) in [4.78, 5) is 10.4. The quantitative estimate of drug-likeness (QED) is 0.446. The lowest BCUT2D eigenvalue weighted by atomic mass is 10.2. The van der Waals surface area contributed by atoms with Crippen LogP contribution in [0, 0.1) is 0 Å². The van der Waals surface area contributed by atoms with Crippen molar-refractivity contribution in [1.82, 2.24) is 5.32 Å². The van der Waals surface area contributed by atoms with Crippen LogP contribution in [0.15, 0.2) is 12.7 Å². The lowest BCUT2D eigenvalue weighted by Gasteiger charge is -2.11. The van der Waals surface area contributed by atoms with Crippen LogP contribution in [-0.2, 0) is 4.79 Å². The first kappa shape index (κ1) is 10.1. The Kier molecular flexibility index (Phi) is 4.49. The van der Waals surface area contributed by atoms with Gasteiger partial charge < -0.3 is 16.8 Å². The first-order valence-electron chi connectivity index (χ1n) is 3.48. The molecule has 4 heteroatoms. The molecule has 0 aromatic heterocycles. The first-order chi connectivity index (χ1) is 5.07. The molecule has 0 saturated heterocycles. The standard InChI is InChI=1S/C7H15N3O/c1-3-5(2)10-4-6(8)7(9)11/h3,5-6,10H,1,4,8H2,2H3,(H2,9,11). The number of carbonyl (C=O) groups is 1. The van der Waals surface area contributed by atoms with Gasteiger partial charge in [0.25, 0.3) is 0 Å². The van der Waals surface area contributed by atoms with E-state index in [4.69, 9.17) is 11.5 Å². The van der Waals surface area contributed by atoms with Crippen molar-refractivity contribution >= 4 is 5.91 Å². The van der Waals surface area contributed by atoms with E-state index in [1.807, 2.05) is 6.92 Å². The van der Waals surface area contributed by atoms with Gasteiger partial charge in [0.05, 0.1) is 6.04 Å². The number of nitrogens with two attached hydrogens (primary N) is 2. The Balaban J connectivity index is 3.53. The van der Waals surface area contributed by atoms with E-state index in [1.165, 1.54) is 0 Å². The average Bonchev–Trinajstić information content (AvgIpc) is 1.99. The molecule has 0 fully saturated rings. The molecule has 5 N–H and O–H groups in total. The summed E-state index contributed by atoms with van der Waals surface area (Å²) in [5.41, 5.74) is 10.3. The Bertz CT molecular complexity index is 147. The second-order valence-electron chi connectivity index (χ2n) is 2.44. The summed E-state index contributed by atoms with van der Waals surface area (Å²) < 4.78 is 0. The van der Waals surface area contributed by atoms with Gasteiger partial charge in [0.2, 0.25) is 5.91 Å². The van der Waals surface area contributed by atoms with E-state index in [0.29, 0.717) is 6.54 Å². The fourth-order valence-electron chi connectivity index (χ4n) is 0.497. The predicted molar refractivity (Wildman–Crippen MR) is 44.8 cm³/mol. The molecule has 4 nitrogen and oxygen atoms in total. The van der Waals surface area contributed by atoms with Crippen molar-refractivity contribution in [3.63, 3.8) is 0 Å². The van der Waals surface area contributed by atoms with Crippen LogP contribution in [-0.4, -0.2) is 24.5 Å². The van der Waals surface area contributed by atoms with Crippen molar-refractivity contribution < 1.29 is 4.79 Å². The van der Waals surface area contributed by atoms with Gasteiger partial charge in [0.15, 0.2) is 0 Å². The summed E-state index contributed by atoms with van der Waals surface area (Å²) in [6.07, 6.45) is 1.73. The molecule has 0 aliphatic carbocycles. The average molecular weight is 157 g/mol. The molecule has 0 radical (unpaired) electrons. The smallest absolute Gasteiger partial charge is 0.235 e. The molecule has 0 bridgehead atoms. The monoisotopic (exact) mass is 157 g/mol. The van der Waals surface area contributed by atoms with Crippen LogP contribution >= 0.6 is 0 Å². The van der Waals surface area contributed by atoms with Gasteiger partial charge in [-0.2, -0.15) is 0 Å². The highest BCUT2D eigenvalue weighted by molar-refractivity contribution is 5.79. The Morgan fingerprint density at radius 3 is 2.73 bits per heavy atom. The van der Waals surface area contributed by atoms with Gasteiger partial charge in [-0.25, -0.2) is 0 Å². The molecular formula is C7H15N3O. The number of carbonyl (C=O) groups excluding carboxylic acids is 1. The van der Waals surface area contributed by atoms with Crippen molar-refractivity contribution in [2.45, 2.75) is 19.0 Å². The van der Waals surface area contributed by atoms with E-state index in [9.17, 15) is 4.79 Å². The summed E-state index contributed by atoms with van der Waals surface area (Å²) in [5.74, 6) is -0.492. The van der Waals surface area contributed by atoms with Crippen LogP contribution in [0.1, 0.15) is 6.92 Å². The van der Waals surface area contributed by atoms with Crippen LogP contribution in [0.25, 0.3) is 0 Å². The summed E-state index contributed by atoms with van der Waals surface area (Å²) in [6.45, 7) is 5.87. The van der Waals surface area contributed by atoms with Gasteiger partial charge in [-0.05, 0) is 6.92 Å². The minimum atomic E-state index is -0.614. The molecule has 0 saturated carbocycles. The molecule has 0 aromatic rings. The molecule has 2 unspecified atom stereocenters. The van der Waals surface area contributed by atoms with Gasteiger partial charge in [-0.3, -0.25) is 4.79 Å². The van der Waals surface area contributed by atoms with Gasteiger partial charge in [0.1, 0.15) is 0 Å². The van der Waals surface area contributed by atoms with Crippen LogP contribution in [0.5, 0.6) is 0 Å². The molecule has 2 atom stereocenters. The third-order valence-corrected chi connectivity index (χ3v) is 1.38. The van der Waals surface area contributed by atoms with E-state index in [2.05, 4.69) is 11.9 Å². The second kappa shape index (κ2) is 4.87. The largest absolute Gasteiger partial charge is 0.368 e. The molecule has 0 spiro atoms. The zero-order chi connectivity index (χ0) is 8.85. The lowest BCUT2D eigenvalue weighted by Crippen LogP contribution is -2.46. The SMILES string of the molecule is C=CC(C)NCC(N)C(N)=O. The molecule has 0 aromatic carbocycles. The molecule has 0 aliphatic heterocycles. The van der Waals surface area contributed by atoms with E-state index in [0.717, 1.165) is 0 Å². The maximum atomic E-state index is 10.4. The summed E-state index contributed by atoms with van der Waals surface area (Å²) in [6, 6.07) is -0.460. The number of primary amides is 1. The fourth-order valence-corrected chi connectivity index (χ4v) is 0.497. The normalized spacial score (nSPS) is 15.5. The Hall–Kier alpha value is -0.870. The maximum absolute atomic E-state index is 10.4. The van der Waals surface area contributed by atoms with E-state index in [1.54, 1.807) is 6.08 Å². The molecular weight excluding hydrogens is 142 g/mol. The van der Waals surface area contributed by atoms with Crippen LogP contribution in [0.4, 0.5) is 0 Å². The molecule has 11 heavy (non-hydrogen) atoms. The van der Waals surface area contributed by atoms with Crippen LogP contribution < -0.4 is 16.8 Å². The minimum absolute atomic E-state index is 0.153. The van der Waals surface area contributed by atoms with E-state index < -0.39 is 11.9 Å². The maximum Gasteiger partial charge on any atom is 0.235 e. The van der Waals surface area contributed by atoms with Gasteiger partial charge in [-0.15, -0.1) is 6.58 Å². The highest BCUT2D eigenvalue weighted by Crippen LogP contribution is 1.81. The van der Waals surface area contributed by atoms with Crippen LogP contribution in [0.3, 0.4) is 0 Å². The Morgan fingerprint density at radius 1 is 1.82 bits per heavy atom. The van der Waals surface area contributed by atoms with Crippen molar-refractivity contribution in [2.24, 2.45) is 11.5 Å². The summed E-state index contributed by atoms with van der Waals surface area (Å²) >= 11 is 0. The minimum Gasteiger partial charge on any atom is -0.368 e. The van der Waals surface area contributed by atoms with E-state index in [-0.39, 0.29) is 6.04 Å². The number of hydrogen-bond donors (Lipinski definition) is 3. The highest BCUT2D eigenvalue weighted by atomic mass is 16.1. The molecule has 0 aliphatic rings. The highest BCUT2D eigenvalue weighted by Gasteiger charge is 2.08. The topological polar surface area (TPSA) is 81.1 Å². The van der Waals surface area contributed by atoms with Crippen molar-refractivity contribution in [2.75, 3.05) is 6.54 Å². The van der Waals surface area contributed by atoms with Crippen LogP contribution in [0.2, 0.25) is 0 Å². The van der Waals surface area contributed by atoms with Gasteiger partial charge in [0, 0.05) is 12.6 Å². The van der Waals surface area contributed by atoms with Gasteiger partial charge >= 0.3 is 0 Å². The Morgan fingerprint density at radius 2 is 2.36 bits per heavy atom. The fraction of sp³-hybridized carbons (Fsp3) is 0.571. The number of amides is 1. The van der Waals surface area contributed by atoms with E-state index >= 15 is 0 Å². The van der Waals surface area contributed by atoms with Crippen molar-refractivity contribution in [1.29, 1.82) is 0 Å². The zero-order valence-corrected chi connectivity index (χ0v) is 6.71. The summed E-state index contributed by atoms with van der Waals surface area (Å²) in [5, 5.41) is 2.97. The third-order valence-electron chi connectivity index (χ3n) is 1.38. The second-order valence-corrected chi connectivity index (χ2v) is 2.44. The summed E-state index contributed by atoms with van der Waals surface area (Å²) in [7, 11) is 0. The predicted octanol–water partition coefficient (Wildman–Crippen LogP) is -1.04. The lowest BCUT2D eigenvalue weighted by molar-refractivity contribution is -0.119. The molecule has 1 amide bonds. The first-order valence-corrected chi connectivity index (χ1v) is 3.48.